The second-order valence-electron chi connectivity index (χ2n) is 6.37. The zero-order valence-electron chi connectivity index (χ0n) is 14.4. The predicted molar refractivity (Wildman–Crippen MR) is 85.1 cm³/mol. The highest BCUT2D eigenvalue weighted by Crippen LogP contribution is 2.15. The lowest BCUT2D eigenvalue weighted by atomic mass is 10.2. The lowest BCUT2D eigenvalue weighted by Crippen LogP contribution is -2.44. The number of nitrogens with zero attached hydrogens (tertiary/aromatic N) is 2. The summed E-state index contributed by atoms with van der Waals surface area (Å²) in [6.45, 7) is 6.31. The van der Waals surface area contributed by atoms with Crippen molar-refractivity contribution in [2.24, 2.45) is 0 Å². The van der Waals surface area contributed by atoms with Crippen molar-refractivity contribution < 1.29 is 33.3 Å². The fourth-order valence-electron chi connectivity index (χ4n) is 3.03. The third-order valence-electron chi connectivity index (χ3n) is 4.46. The summed E-state index contributed by atoms with van der Waals surface area (Å²) in [6.07, 6.45) is -1.08. The van der Waals surface area contributed by atoms with Crippen molar-refractivity contribution in [3.63, 3.8) is 0 Å². The van der Waals surface area contributed by atoms with Crippen molar-refractivity contribution in [3.8, 4) is 0 Å². The standard InChI is InChI=1S/C16H26N2O7/c19-15(9-17-1-5-21-6-2-17)24-13-11-23-12-14(13)25-16(20)10-18-3-7-22-8-4-18/h13-14H,1-12H2. The Morgan fingerprint density at radius 3 is 1.52 bits per heavy atom. The van der Waals surface area contributed by atoms with Crippen molar-refractivity contribution >= 4 is 11.9 Å². The van der Waals surface area contributed by atoms with Gasteiger partial charge >= 0.3 is 11.9 Å². The molecule has 0 aliphatic carbocycles. The number of rotatable bonds is 6. The van der Waals surface area contributed by atoms with E-state index in [1.807, 2.05) is 9.80 Å². The summed E-state index contributed by atoms with van der Waals surface area (Å²) in [6, 6.07) is 0. The quantitative estimate of drug-likeness (QED) is 0.527. The highest BCUT2D eigenvalue weighted by atomic mass is 16.6. The Balaban J connectivity index is 1.40. The summed E-state index contributed by atoms with van der Waals surface area (Å²) in [7, 11) is 0. The van der Waals surface area contributed by atoms with Crippen LogP contribution in [0.4, 0.5) is 0 Å². The van der Waals surface area contributed by atoms with Gasteiger partial charge in [-0.3, -0.25) is 19.4 Å². The van der Waals surface area contributed by atoms with Gasteiger partial charge in [-0.2, -0.15) is 0 Å². The molecule has 3 heterocycles. The van der Waals surface area contributed by atoms with E-state index in [2.05, 4.69) is 0 Å². The van der Waals surface area contributed by atoms with Gasteiger partial charge in [0.25, 0.3) is 0 Å². The Morgan fingerprint density at radius 1 is 0.720 bits per heavy atom. The van der Waals surface area contributed by atoms with Gasteiger partial charge in [0.15, 0.2) is 12.2 Å². The Hall–Kier alpha value is -1.26. The van der Waals surface area contributed by atoms with E-state index < -0.39 is 12.2 Å². The largest absolute Gasteiger partial charge is 0.455 e. The molecule has 3 aliphatic heterocycles. The van der Waals surface area contributed by atoms with Crippen molar-refractivity contribution in [2.75, 3.05) is 78.9 Å². The smallest absolute Gasteiger partial charge is 0.320 e. The van der Waals surface area contributed by atoms with Crippen molar-refractivity contribution in [3.05, 3.63) is 0 Å². The summed E-state index contributed by atoms with van der Waals surface area (Å²) in [5, 5.41) is 0. The second kappa shape index (κ2) is 9.44. The van der Waals surface area contributed by atoms with Crippen molar-refractivity contribution in [1.82, 2.24) is 9.80 Å². The Bertz CT molecular complexity index is 410. The highest BCUT2D eigenvalue weighted by molar-refractivity contribution is 5.73. The average molecular weight is 358 g/mol. The highest BCUT2D eigenvalue weighted by Gasteiger charge is 2.35. The van der Waals surface area contributed by atoms with E-state index in [9.17, 15) is 9.59 Å². The maximum atomic E-state index is 12.1. The molecule has 9 heteroatoms. The minimum atomic E-state index is -0.540. The molecule has 0 amide bonds. The minimum Gasteiger partial charge on any atom is -0.455 e. The van der Waals surface area contributed by atoms with E-state index >= 15 is 0 Å². The maximum absolute atomic E-state index is 12.1. The van der Waals surface area contributed by atoms with E-state index in [1.54, 1.807) is 0 Å². The molecule has 3 rings (SSSR count). The van der Waals surface area contributed by atoms with Crippen LogP contribution in [0.5, 0.6) is 0 Å². The van der Waals surface area contributed by atoms with Crippen molar-refractivity contribution in [2.45, 2.75) is 12.2 Å². The summed E-state index contributed by atoms with van der Waals surface area (Å²) >= 11 is 0. The summed E-state index contributed by atoms with van der Waals surface area (Å²) < 4.78 is 26.8. The molecule has 0 aromatic carbocycles. The fraction of sp³-hybridized carbons (Fsp3) is 0.875. The Morgan fingerprint density at radius 2 is 1.12 bits per heavy atom. The van der Waals surface area contributed by atoms with Gasteiger partial charge in [-0.15, -0.1) is 0 Å². The molecule has 142 valence electrons. The van der Waals surface area contributed by atoms with E-state index in [-0.39, 0.29) is 38.2 Å². The van der Waals surface area contributed by atoms with E-state index in [4.69, 9.17) is 23.7 Å². The van der Waals surface area contributed by atoms with Gasteiger partial charge in [0.05, 0.1) is 52.7 Å². The van der Waals surface area contributed by atoms with Crippen LogP contribution < -0.4 is 0 Å². The van der Waals surface area contributed by atoms with Crippen LogP contribution in [0.3, 0.4) is 0 Å². The van der Waals surface area contributed by atoms with Crippen LogP contribution in [0, 0.1) is 0 Å². The molecule has 2 unspecified atom stereocenters. The first-order valence-electron chi connectivity index (χ1n) is 8.77. The van der Waals surface area contributed by atoms with Crippen LogP contribution in [0.2, 0.25) is 0 Å². The number of carbonyl (C=O) groups is 2. The fourth-order valence-corrected chi connectivity index (χ4v) is 3.03. The van der Waals surface area contributed by atoms with Crippen LogP contribution in [-0.4, -0.2) is 113 Å². The summed E-state index contributed by atoms with van der Waals surface area (Å²) in [4.78, 5) is 28.2. The SMILES string of the molecule is O=C(CN1CCOCC1)OC1COCC1OC(=O)CN1CCOCC1. The lowest BCUT2D eigenvalue weighted by molar-refractivity contribution is -0.166. The molecule has 0 spiro atoms. The molecule has 3 aliphatic rings. The zero-order chi connectivity index (χ0) is 17.5. The molecule has 9 nitrogen and oxygen atoms in total. The van der Waals surface area contributed by atoms with Gasteiger partial charge in [0.2, 0.25) is 0 Å². The molecule has 2 atom stereocenters. The molecule has 3 saturated heterocycles. The van der Waals surface area contributed by atoms with Gasteiger partial charge < -0.3 is 23.7 Å². The van der Waals surface area contributed by atoms with Crippen LogP contribution in [0.15, 0.2) is 0 Å². The molecule has 3 fully saturated rings. The number of morpholine rings is 2. The van der Waals surface area contributed by atoms with Crippen LogP contribution in [0.25, 0.3) is 0 Å². The molecule has 0 radical (unpaired) electrons. The molecule has 0 aromatic rings. The normalized spacial score (nSPS) is 28.6. The Kier molecular flexibility index (Phi) is 7.00. The molecule has 0 saturated carbocycles. The number of hydrogen-bond donors (Lipinski definition) is 0. The number of carbonyl (C=O) groups excluding carboxylic acids is 2. The van der Waals surface area contributed by atoms with Gasteiger partial charge in [-0.05, 0) is 0 Å². The zero-order valence-corrected chi connectivity index (χ0v) is 14.4. The molecule has 0 bridgehead atoms. The second-order valence-corrected chi connectivity index (χ2v) is 6.37. The average Bonchev–Trinajstić information content (AvgIpc) is 3.03. The van der Waals surface area contributed by atoms with Gasteiger partial charge in [-0.25, -0.2) is 0 Å². The Labute approximate surface area is 147 Å². The molecule has 25 heavy (non-hydrogen) atoms. The molecular weight excluding hydrogens is 332 g/mol. The number of ether oxygens (including phenoxy) is 5. The van der Waals surface area contributed by atoms with Crippen LogP contribution in [-0.2, 0) is 33.3 Å². The molecule has 0 aromatic heterocycles. The summed E-state index contributed by atoms with van der Waals surface area (Å²) in [5.41, 5.74) is 0. The van der Waals surface area contributed by atoms with Gasteiger partial charge in [-0.1, -0.05) is 0 Å². The van der Waals surface area contributed by atoms with E-state index in [1.165, 1.54) is 0 Å². The first-order valence-corrected chi connectivity index (χ1v) is 8.77. The number of hydrogen-bond acceptors (Lipinski definition) is 9. The first-order chi connectivity index (χ1) is 12.2. The predicted octanol–water partition coefficient (Wildman–Crippen LogP) is -1.50. The maximum Gasteiger partial charge on any atom is 0.320 e. The van der Waals surface area contributed by atoms with Gasteiger partial charge in [0.1, 0.15) is 0 Å². The molecule has 0 N–H and O–H groups in total. The van der Waals surface area contributed by atoms with Crippen LogP contribution >= 0.6 is 0 Å². The third kappa shape index (κ3) is 5.89. The van der Waals surface area contributed by atoms with E-state index in [0.717, 1.165) is 0 Å². The summed E-state index contributed by atoms with van der Waals surface area (Å²) in [5.74, 6) is -0.654. The monoisotopic (exact) mass is 358 g/mol. The van der Waals surface area contributed by atoms with Crippen molar-refractivity contribution in [1.29, 1.82) is 0 Å². The minimum absolute atomic E-state index is 0.217. The molecular formula is C16H26N2O7. The topological polar surface area (TPSA) is 86.8 Å². The van der Waals surface area contributed by atoms with E-state index in [0.29, 0.717) is 52.6 Å². The lowest BCUT2D eigenvalue weighted by Gasteiger charge is -2.27. The van der Waals surface area contributed by atoms with Crippen LogP contribution in [0.1, 0.15) is 0 Å². The van der Waals surface area contributed by atoms with Gasteiger partial charge in [0, 0.05) is 26.2 Å². The first kappa shape index (κ1) is 18.5. The third-order valence-corrected chi connectivity index (χ3v) is 4.46. The number of esters is 2.